The van der Waals surface area contributed by atoms with Gasteiger partial charge in [-0.05, 0) is 35.7 Å². The molecule has 1 aromatic carbocycles. The lowest BCUT2D eigenvalue weighted by molar-refractivity contribution is -0.137. The van der Waals surface area contributed by atoms with Gasteiger partial charge >= 0.3 is 6.18 Å². The van der Waals surface area contributed by atoms with Crippen molar-refractivity contribution in [1.29, 1.82) is 0 Å². The molecule has 0 atom stereocenters. The molecule has 2 N–H and O–H groups in total. The van der Waals surface area contributed by atoms with Crippen molar-refractivity contribution in [3.8, 4) is 0 Å². The van der Waals surface area contributed by atoms with Crippen LogP contribution in [0.4, 0.5) is 17.6 Å². The Morgan fingerprint density at radius 2 is 1.85 bits per heavy atom. The van der Waals surface area contributed by atoms with Crippen molar-refractivity contribution in [3.63, 3.8) is 0 Å². The maximum Gasteiger partial charge on any atom is 0.420 e. The molecule has 11 heteroatoms. The number of aromatic nitrogens is 5. The number of amides is 1. The van der Waals surface area contributed by atoms with Crippen LogP contribution in [-0.2, 0) is 25.7 Å². The molecule has 4 rings (SSSR count). The molecule has 0 saturated carbocycles. The Hall–Kier alpha value is -4.02. The lowest BCUT2D eigenvalue weighted by Crippen LogP contribution is -2.25. The number of nitrogens with one attached hydrogen (secondary N) is 2. The first-order valence-electron chi connectivity index (χ1n) is 10.3. The van der Waals surface area contributed by atoms with Gasteiger partial charge in [-0.1, -0.05) is 24.3 Å². The van der Waals surface area contributed by atoms with Gasteiger partial charge in [0, 0.05) is 25.4 Å². The number of nitrogens with zero attached hydrogens (tertiary/aromatic N) is 4. The first-order valence-corrected chi connectivity index (χ1v) is 10.3. The van der Waals surface area contributed by atoms with Crippen LogP contribution in [0.2, 0.25) is 0 Å². The van der Waals surface area contributed by atoms with Crippen LogP contribution in [0, 0.1) is 12.7 Å². The fourth-order valence-corrected chi connectivity index (χ4v) is 3.42. The van der Waals surface area contributed by atoms with E-state index in [1.165, 1.54) is 18.3 Å². The summed E-state index contributed by atoms with van der Waals surface area (Å²) >= 11 is 0. The van der Waals surface area contributed by atoms with E-state index in [2.05, 4.69) is 25.6 Å². The number of alkyl halides is 3. The van der Waals surface area contributed by atoms with Gasteiger partial charge in [-0.25, -0.2) is 4.39 Å². The number of hydrogen-bond donors (Lipinski definition) is 2. The first kappa shape index (κ1) is 23.1. The maximum atomic E-state index is 13.8. The van der Waals surface area contributed by atoms with Gasteiger partial charge in [0.25, 0.3) is 5.91 Å². The third kappa shape index (κ3) is 5.30. The van der Waals surface area contributed by atoms with Crippen LogP contribution in [0.3, 0.4) is 0 Å². The van der Waals surface area contributed by atoms with Crippen LogP contribution < -0.4 is 5.32 Å². The molecule has 0 fully saturated rings. The zero-order valence-electron chi connectivity index (χ0n) is 18.0. The summed E-state index contributed by atoms with van der Waals surface area (Å²) in [5.74, 6) is -1.28. The molecule has 3 aromatic heterocycles. The standard InChI is InChI=1S/C23H20F4N6O/c1-14-12-33(13-20-18(24)3-2-8-28-20)32-19(14)9-15-4-6-16(7-5-15)10-29-22(34)21-17(11-30-31-21)23(25,26)27/h2-8,11-12H,9-10,13H2,1H3,(H,29,34)(H,30,31). The van der Waals surface area contributed by atoms with Crippen molar-refractivity contribution in [1.82, 2.24) is 30.3 Å². The molecule has 0 aliphatic carbocycles. The summed E-state index contributed by atoms with van der Waals surface area (Å²) in [6.07, 6.45) is -0.181. The summed E-state index contributed by atoms with van der Waals surface area (Å²) in [4.78, 5) is 16.2. The monoisotopic (exact) mass is 472 g/mol. The van der Waals surface area contributed by atoms with Gasteiger partial charge in [0.1, 0.15) is 17.1 Å². The third-order valence-electron chi connectivity index (χ3n) is 5.21. The van der Waals surface area contributed by atoms with Crippen LogP contribution in [0.15, 0.2) is 55.0 Å². The summed E-state index contributed by atoms with van der Waals surface area (Å²) < 4.78 is 54.2. The summed E-state index contributed by atoms with van der Waals surface area (Å²) in [7, 11) is 0. The molecule has 4 aromatic rings. The highest BCUT2D eigenvalue weighted by atomic mass is 19.4. The zero-order valence-corrected chi connectivity index (χ0v) is 18.0. The highest BCUT2D eigenvalue weighted by Gasteiger charge is 2.37. The molecular formula is C23H20F4N6O. The third-order valence-corrected chi connectivity index (χ3v) is 5.21. The minimum absolute atomic E-state index is 0.0543. The van der Waals surface area contributed by atoms with Gasteiger partial charge in [0.2, 0.25) is 0 Å². The molecule has 3 heterocycles. The van der Waals surface area contributed by atoms with E-state index in [0.717, 1.165) is 22.4 Å². The average Bonchev–Trinajstić information content (AvgIpc) is 3.42. The molecule has 7 nitrogen and oxygen atoms in total. The quantitative estimate of drug-likeness (QED) is 0.398. The largest absolute Gasteiger partial charge is 0.420 e. The molecule has 0 aliphatic rings. The SMILES string of the molecule is Cc1cn(Cc2ncccc2F)nc1Cc1ccc(CNC(=O)c2[nH]ncc2C(F)(F)F)cc1. The van der Waals surface area contributed by atoms with E-state index in [9.17, 15) is 22.4 Å². The smallest absolute Gasteiger partial charge is 0.347 e. The predicted octanol–water partition coefficient (Wildman–Crippen LogP) is 4.04. The number of carbonyl (C=O) groups is 1. The lowest BCUT2D eigenvalue weighted by atomic mass is 10.1. The summed E-state index contributed by atoms with van der Waals surface area (Å²) in [6, 6.07) is 10.2. The minimum atomic E-state index is -4.67. The number of rotatable bonds is 7. The molecule has 0 bridgehead atoms. The number of halogens is 4. The second-order valence-corrected chi connectivity index (χ2v) is 7.72. The number of hydrogen-bond acceptors (Lipinski definition) is 4. The van der Waals surface area contributed by atoms with Crippen LogP contribution in [-0.4, -0.2) is 30.9 Å². The van der Waals surface area contributed by atoms with Gasteiger partial charge in [0.15, 0.2) is 0 Å². The second-order valence-electron chi connectivity index (χ2n) is 7.72. The Kier molecular flexibility index (Phi) is 6.44. The fourth-order valence-electron chi connectivity index (χ4n) is 3.42. The van der Waals surface area contributed by atoms with Gasteiger partial charge in [0.05, 0.1) is 24.1 Å². The number of H-pyrrole nitrogens is 1. The van der Waals surface area contributed by atoms with E-state index >= 15 is 0 Å². The number of benzene rings is 1. The van der Waals surface area contributed by atoms with E-state index in [4.69, 9.17) is 0 Å². The summed E-state index contributed by atoms with van der Waals surface area (Å²) in [5, 5.41) is 12.4. The van der Waals surface area contributed by atoms with Crippen LogP contribution in [0.25, 0.3) is 0 Å². The molecule has 0 saturated heterocycles. The van der Waals surface area contributed by atoms with E-state index in [1.54, 1.807) is 16.8 Å². The Morgan fingerprint density at radius 3 is 2.56 bits per heavy atom. The fraction of sp³-hybridized carbons (Fsp3) is 0.217. The highest BCUT2D eigenvalue weighted by molar-refractivity contribution is 5.93. The molecule has 34 heavy (non-hydrogen) atoms. The molecular weight excluding hydrogens is 452 g/mol. The average molecular weight is 472 g/mol. The van der Waals surface area contributed by atoms with Gasteiger partial charge < -0.3 is 5.32 Å². The topological polar surface area (TPSA) is 88.5 Å². The van der Waals surface area contributed by atoms with Crippen LogP contribution >= 0.6 is 0 Å². The van der Waals surface area contributed by atoms with Gasteiger partial charge in [-0.3, -0.25) is 19.6 Å². The predicted molar refractivity (Wildman–Crippen MR) is 114 cm³/mol. The second kappa shape index (κ2) is 9.46. The van der Waals surface area contributed by atoms with E-state index < -0.39 is 23.3 Å². The summed E-state index contributed by atoms with van der Waals surface area (Å²) in [5.41, 5.74) is 2.03. The number of aryl methyl sites for hydroxylation is 1. The molecule has 0 radical (unpaired) electrons. The van der Waals surface area contributed by atoms with E-state index in [-0.39, 0.29) is 18.9 Å². The first-order chi connectivity index (χ1) is 16.2. The van der Waals surface area contributed by atoms with Crippen molar-refractivity contribution >= 4 is 5.91 Å². The molecule has 0 aliphatic heterocycles. The molecule has 0 unspecified atom stereocenters. The van der Waals surface area contributed by atoms with Crippen LogP contribution in [0.1, 0.15) is 44.1 Å². The van der Waals surface area contributed by atoms with E-state index in [0.29, 0.717) is 18.3 Å². The van der Waals surface area contributed by atoms with Gasteiger partial charge in [-0.15, -0.1) is 0 Å². The number of pyridine rings is 1. The van der Waals surface area contributed by atoms with Crippen molar-refractivity contribution < 1.29 is 22.4 Å². The Labute approximate surface area is 191 Å². The summed E-state index contributed by atoms with van der Waals surface area (Å²) in [6.45, 7) is 2.19. The number of aromatic amines is 1. The normalized spacial score (nSPS) is 11.6. The number of carbonyl (C=O) groups excluding carboxylic acids is 1. The molecule has 0 spiro atoms. The minimum Gasteiger partial charge on any atom is -0.347 e. The molecule has 1 amide bonds. The Bertz CT molecular complexity index is 1290. The zero-order chi connectivity index (χ0) is 24.3. The highest BCUT2D eigenvalue weighted by Crippen LogP contribution is 2.30. The molecule has 176 valence electrons. The van der Waals surface area contributed by atoms with E-state index in [1.807, 2.05) is 25.3 Å². The Morgan fingerprint density at radius 1 is 1.12 bits per heavy atom. The van der Waals surface area contributed by atoms with Crippen molar-refractivity contribution in [2.24, 2.45) is 0 Å². The lowest BCUT2D eigenvalue weighted by Gasteiger charge is -2.08. The van der Waals surface area contributed by atoms with Crippen molar-refractivity contribution in [3.05, 3.63) is 100 Å². The van der Waals surface area contributed by atoms with Gasteiger partial charge in [-0.2, -0.15) is 23.4 Å². The van der Waals surface area contributed by atoms with Crippen molar-refractivity contribution in [2.75, 3.05) is 0 Å². The van der Waals surface area contributed by atoms with Crippen LogP contribution in [0.5, 0.6) is 0 Å². The van der Waals surface area contributed by atoms with Crippen molar-refractivity contribution in [2.45, 2.75) is 32.6 Å². The Balaban J connectivity index is 1.36. The maximum absolute atomic E-state index is 13.8.